The van der Waals surface area contributed by atoms with Crippen molar-refractivity contribution in [2.75, 3.05) is 7.05 Å². The number of hydrogen-bond acceptors (Lipinski definition) is 2. The van der Waals surface area contributed by atoms with Crippen molar-refractivity contribution in [2.45, 2.75) is 59.4 Å². The van der Waals surface area contributed by atoms with E-state index in [-0.39, 0.29) is 5.54 Å². The fraction of sp³-hybridized carbons (Fsp3) is 0.800. The van der Waals surface area contributed by atoms with Crippen LogP contribution in [0.4, 0.5) is 0 Å². The van der Waals surface area contributed by atoms with Crippen LogP contribution in [-0.2, 0) is 0 Å². The van der Waals surface area contributed by atoms with Crippen molar-refractivity contribution in [3.8, 4) is 0 Å². The maximum atomic E-state index is 4.55. The highest BCUT2D eigenvalue weighted by atomic mass is 15.5. The van der Waals surface area contributed by atoms with Gasteiger partial charge in [-0.15, -0.1) is 0 Å². The predicted octanol–water partition coefficient (Wildman–Crippen LogP) is 4.09. The number of rotatable bonds is 4. The molecule has 1 heterocycles. The molecule has 3 atom stereocenters. The molecule has 0 amide bonds. The standard InChI is InChI=1S/C15H28N2/c1-7-12(3)9-10-15(5)14(8-2)13(4)11-16-17(15)6/h9,11,13-14H,7-8,10H2,1-6H3/b12-9+/t13-,14?,15-/m1/s1. The van der Waals surface area contributed by atoms with E-state index >= 15 is 0 Å². The van der Waals surface area contributed by atoms with Crippen molar-refractivity contribution in [1.29, 1.82) is 0 Å². The van der Waals surface area contributed by atoms with E-state index in [1.807, 2.05) is 0 Å². The summed E-state index contributed by atoms with van der Waals surface area (Å²) < 4.78 is 0. The monoisotopic (exact) mass is 236 g/mol. The second kappa shape index (κ2) is 5.70. The molecule has 1 aliphatic heterocycles. The van der Waals surface area contributed by atoms with Crippen LogP contribution < -0.4 is 0 Å². The molecule has 0 saturated heterocycles. The summed E-state index contributed by atoms with van der Waals surface area (Å²) in [6, 6.07) is 0. The zero-order valence-corrected chi connectivity index (χ0v) is 12.3. The van der Waals surface area contributed by atoms with Gasteiger partial charge in [-0.05, 0) is 38.5 Å². The normalized spacial score (nSPS) is 34.2. The summed E-state index contributed by atoms with van der Waals surface area (Å²) in [4.78, 5) is 0. The van der Waals surface area contributed by atoms with Crippen LogP contribution in [0.25, 0.3) is 0 Å². The van der Waals surface area contributed by atoms with E-state index in [0.29, 0.717) is 11.8 Å². The largest absolute Gasteiger partial charge is 0.294 e. The summed E-state index contributed by atoms with van der Waals surface area (Å²) >= 11 is 0. The number of hydrogen-bond donors (Lipinski definition) is 0. The minimum Gasteiger partial charge on any atom is -0.294 e. The van der Waals surface area contributed by atoms with E-state index < -0.39 is 0 Å². The van der Waals surface area contributed by atoms with Crippen molar-refractivity contribution < 1.29 is 0 Å². The maximum Gasteiger partial charge on any atom is 0.0616 e. The van der Waals surface area contributed by atoms with Gasteiger partial charge in [0.2, 0.25) is 0 Å². The summed E-state index contributed by atoms with van der Waals surface area (Å²) in [5, 5.41) is 6.71. The van der Waals surface area contributed by atoms with Gasteiger partial charge in [0.1, 0.15) is 0 Å². The molecule has 0 saturated carbocycles. The molecule has 2 nitrogen and oxygen atoms in total. The van der Waals surface area contributed by atoms with Gasteiger partial charge in [0.25, 0.3) is 0 Å². The van der Waals surface area contributed by atoms with Crippen LogP contribution in [0.2, 0.25) is 0 Å². The third kappa shape index (κ3) is 2.91. The van der Waals surface area contributed by atoms with E-state index in [9.17, 15) is 0 Å². The van der Waals surface area contributed by atoms with Gasteiger partial charge in [-0.1, -0.05) is 38.8 Å². The van der Waals surface area contributed by atoms with Crippen molar-refractivity contribution >= 4 is 6.21 Å². The average Bonchev–Trinajstić information content (AvgIpc) is 2.32. The van der Waals surface area contributed by atoms with Gasteiger partial charge in [-0.25, -0.2) is 0 Å². The maximum absolute atomic E-state index is 4.55. The number of allylic oxidation sites excluding steroid dienone is 1. The molecule has 0 bridgehead atoms. The molecule has 0 aliphatic carbocycles. The Balaban J connectivity index is 2.92. The predicted molar refractivity (Wildman–Crippen MR) is 76.3 cm³/mol. The van der Waals surface area contributed by atoms with E-state index in [0.717, 1.165) is 12.8 Å². The van der Waals surface area contributed by atoms with Gasteiger partial charge in [0, 0.05) is 13.3 Å². The van der Waals surface area contributed by atoms with Gasteiger partial charge in [-0.2, -0.15) is 5.10 Å². The van der Waals surface area contributed by atoms with E-state index in [1.165, 1.54) is 12.0 Å². The molecule has 17 heavy (non-hydrogen) atoms. The topological polar surface area (TPSA) is 15.6 Å². The summed E-state index contributed by atoms with van der Waals surface area (Å²) in [7, 11) is 2.11. The highest BCUT2D eigenvalue weighted by Gasteiger charge is 2.40. The lowest BCUT2D eigenvalue weighted by molar-refractivity contribution is 0.0450. The first-order valence-electron chi connectivity index (χ1n) is 6.89. The summed E-state index contributed by atoms with van der Waals surface area (Å²) in [6.45, 7) is 11.4. The summed E-state index contributed by atoms with van der Waals surface area (Å²) in [5.41, 5.74) is 1.65. The van der Waals surface area contributed by atoms with Crippen LogP contribution in [0.15, 0.2) is 16.8 Å². The Labute approximate surface area is 107 Å². The SMILES string of the molecule is CC/C(C)=C/C[C@]1(C)C(CC)[C@H](C)C=NN1C. The lowest BCUT2D eigenvalue weighted by atomic mass is 9.73. The van der Waals surface area contributed by atoms with Crippen LogP contribution in [0.5, 0.6) is 0 Å². The van der Waals surface area contributed by atoms with Crippen molar-refractivity contribution in [3.63, 3.8) is 0 Å². The van der Waals surface area contributed by atoms with Crippen LogP contribution in [0.1, 0.15) is 53.9 Å². The smallest absolute Gasteiger partial charge is 0.0616 e. The summed E-state index contributed by atoms with van der Waals surface area (Å²) in [6.07, 6.45) is 7.96. The lowest BCUT2D eigenvalue weighted by Gasteiger charge is -2.47. The molecule has 98 valence electrons. The van der Waals surface area contributed by atoms with Crippen LogP contribution in [-0.4, -0.2) is 23.8 Å². The first kappa shape index (κ1) is 14.3. The van der Waals surface area contributed by atoms with Gasteiger partial charge >= 0.3 is 0 Å². The Kier molecular flexibility index (Phi) is 4.79. The third-order valence-electron chi connectivity index (χ3n) is 4.51. The molecular weight excluding hydrogens is 208 g/mol. The zero-order valence-electron chi connectivity index (χ0n) is 12.3. The molecule has 2 heteroatoms. The number of hydrazone groups is 1. The van der Waals surface area contributed by atoms with Crippen LogP contribution >= 0.6 is 0 Å². The Morgan fingerprint density at radius 3 is 2.65 bits per heavy atom. The zero-order chi connectivity index (χ0) is 13.1. The van der Waals surface area contributed by atoms with Gasteiger partial charge < -0.3 is 0 Å². The van der Waals surface area contributed by atoms with E-state index in [2.05, 4.69) is 64.1 Å². The second-order valence-electron chi connectivity index (χ2n) is 5.63. The molecule has 1 unspecified atom stereocenters. The van der Waals surface area contributed by atoms with Crippen molar-refractivity contribution in [2.24, 2.45) is 16.9 Å². The fourth-order valence-corrected chi connectivity index (χ4v) is 2.87. The first-order valence-corrected chi connectivity index (χ1v) is 6.89. The molecule has 0 aromatic heterocycles. The molecule has 1 aliphatic rings. The Morgan fingerprint density at radius 1 is 1.47 bits per heavy atom. The van der Waals surface area contributed by atoms with Gasteiger partial charge in [-0.3, -0.25) is 5.01 Å². The summed E-state index contributed by atoms with van der Waals surface area (Å²) in [5.74, 6) is 1.27. The second-order valence-corrected chi connectivity index (χ2v) is 5.63. The highest BCUT2D eigenvalue weighted by Crippen LogP contribution is 2.38. The molecular formula is C15H28N2. The van der Waals surface area contributed by atoms with Crippen LogP contribution in [0.3, 0.4) is 0 Å². The fourth-order valence-electron chi connectivity index (χ4n) is 2.87. The average molecular weight is 236 g/mol. The molecule has 0 radical (unpaired) electrons. The Hall–Kier alpha value is -0.790. The van der Waals surface area contributed by atoms with Crippen molar-refractivity contribution in [3.05, 3.63) is 11.6 Å². The van der Waals surface area contributed by atoms with E-state index in [1.54, 1.807) is 0 Å². The van der Waals surface area contributed by atoms with Crippen molar-refractivity contribution in [1.82, 2.24) is 5.01 Å². The van der Waals surface area contributed by atoms with E-state index in [4.69, 9.17) is 0 Å². The molecule has 1 rings (SSSR count). The number of nitrogens with zero attached hydrogens (tertiary/aromatic N) is 2. The highest BCUT2D eigenvalue weighted by molar-refractivity contribution is 5.61. The third-order valence-corrected chi connectivity index (χ3v) is 4.51. The quantitative estimate of drug-likeness (QED) is 0.671. The van der Waals surface area contributed by atoms with Gasteiger partial charge in [0.05, 0.1) is 5.54 Å². The molecule has 0 N–H and O–H groups in total. The molecule has 0 fully saturated rings. The Morgan fingerprint density at radius 2 is 2.12 bits per heavy atom. The minimum atomic E-state index is 0.166. The lowest BCUT2D eigenvalue weighted by Crippen LogP contribution is -2.52. The first-order chi connectivity index (χ1) is 7.95. The van der Waals surface area contributed by atoms with Crippen LogP contribution in [0, 0.1) is 11.8 Å². The Bertz CT molecular complexity index is 306. The minimum absolute atomic E-state index is 0.166. The molecule has 0 aromatic carbocycles. The molecule has 0 spiro atoms. The van der Waals surface area contributed by atoms with Gasteiger partial charge in [0.15, 0.2) is 0 Å². The molecule has 0 aromatic rings.